The molecule has 2 aliphatic rings. The molecular formula is C88H120N24O18S. The monoisotopic (exact) mass is 1830 g/mol. The zero-order chi connectivity index (χ0) is 95.5. The van der Waals surface area contributed by atoms with Crippen molar-refractivity contribution in [3.05, 3.63) is 126 Å². The van der Waals surface area contributed by atoms with Crippen LogP contribution >= 0.6 is 11.8 Å². The number of para-hydroxylation sites is 2. The molecule has 3 unspecified atom stereocenters. The van der Waals surface area contributed by atoms with Gasteiger partial charge < -0.3 is 115 Å². The number of fused-ring (bicyclic) bond motifs is 2. The predicted octanol–water partition coefficient (Wildman–Crippen LogP) is -1.73. The van der Waals surface area contributed by atoms with E-state index in [0.717, 1.165) is 39.3 Å². The lowest BCUT2D eigenvalue weighted by Gasteiger charge is -2.32. The molecule has 0 radical (unpaired) electrons. The van der Waals surface area contributed by atoms with E-state index in [2.05, 4.69) is 78.4 Å². The third kappa shape index (κ3) is 30.4. The topological polar surface area (TPSA) is 642 Å². The number of benzene rings is 3. The summed E-state index contributed by atoms with van der Waals surface area (Å²) in [5.74, 6) is -16.4. The molecular weight excluding hydrogens is 1710 g/mol. The van der Waals surface area contributed by atoms with Gasteiger partial charge in [-0.05, 0) is 119 Å². The highest BCUT2D eigenvalue weighted by atomic mass is 32.2. The number of nitrogens with one attached hydrogen (secondary N) is 15. The summed E-state index contributed by atoms with van der Waals surface area (Å²) in [6, 6.07) is 8.48. The Kier molecular flexibility index (Phi) is 39.8. The molecule has 0 spiro atoms. The van der Waals surface area contributed by atoms with E-state index in [-0.39, 0.29) is 108 Å². The fourth-order valence-electron chi connectivity index (χ4n) is 15.9. The number of carbonyl (C=O) groups is 17. The van der Waals surface area contributed by atoms with E-state index in [4.69, 9.17) is 22.6 Å². The molecule has 22 N–H and O–H groups in total. The van der Waals surface area contributed by atoms with Gasteiger partial charge in [0.1, 0.15) is 54.4 Å². The number of likely N-dealkylation sites (tertiary alicyclic amines) is 1. The first-order valence-electron chi connectivity index (χ1n) is 43.5. The molecule has 706 valence electrons. The summed E-state index contributed by atoms with van der Waals surface area (Å²) in [5.41, 5.74) is 20.9. The Bertz CT molecular complexity index is 5080. The molecule has 1 aliphatic heterocycles. The number of hydrogen-bond donors (Lipinski definition) is 19. The van der Waals surface area contributed by atoms with Crippen LogP contribution in [-0.4, -0.2) is 290 Å². The molecule has 1 aliphatic carbocycles. The first-order valence-corrected chi connectivity index (χ1v) is 44.7. The average molecular weight is 1830 g/mol. The first kappa shape index (κ1) is 103. The van der Waals surface area contributed by atoms with Gasteiger partial charge in [0.25, 0.3) is 0 Å². The fourth-order valence-corrected chi connectivity index (χ4v) is 16.7. The SMILES string of the molecule is CCCC[C@@H](C(=O)N[C@@H](CCCNC(=N)N)C(=O)N[C@@H](CSCC(=O)N[C@@H](Cc1ccc(C#N)cc1)C(=O)N(C)[C@@H](C)C(=O)NCC(=O)N1CCCC1C)C(=O)NCC(N)=O)N(C)C(=O)CN(C)C(=O)[C@H](Cc1c[nH]c2ccccc12)NC(=O)[C@H](CCN)NC(=O)[C@H](Cc1c[nH]c2ccccc12)NC(=O)C1CCCC1C(=O)[C@H](CCC(=O)O)NC(=O)[C@H](Cc1cnc[nH]1)NC=O. The minimum Gasteiger partial charge on any atom is -0.481 e. The number of rotatable bonds is 53. The number of carbonyl (C=O) groups excluding carboxylic acids is 16. The van der Waals surface area contributed by atoms with E-state index in [1.165, 1.54) is 52.7 Å². The fraction of sp³-hybridized carbons (Fsp3) is 0.500. The Morgan fingerprint density at radius 1 is 0.634 bits per heavy atom. The number of imidazole rings is 1. The zero-order valence-corrected chi connectivity index (χ0v) is 75.0. The van der Waals surface area contributed by atoms with Gasteiger partial charge in [-0.25, -0.2) is 4.98 Å². The molecule has 131 heavy (non-hydrogen) atoms. The largest absolute Gasteiger partial charge is 0.481 e. The van der Waals surface area contributed by atoms with Gasteiger partial charge in [-0.2, -0.15) is 5.26 Å². The highest BCUT2D eigenvalue weighted by molar-refractivity contribution is 8.00. The Balaban J connectivity index is 0.979. The number of aromatic amines is 3. The Morgan fingerprint density at radius 2 is 1.23 bits per heavy atom. The van der Waals surface area contributed by atoms with E-state index in [1.54, 1.807) is 78.0 Å². The number of nitriles is 1. The number of nitrogens with two attached hydrogens (primary N) is 3. The number of amides is 15. The van der Waals surface area contributed by atoms with Gasteiger partial charge in [-0.15, -0.1) is 11.8 Å². The lowest BCUT2D eigenvalue weighted by Crippen LogP contribution is -2.59. The summed E-state index contributed by atoms with van der Waals surface area (Å²) in [5, 5.41) is 57.4. The second kappa shape index (κ2) is 50.8. The van der Waals surface area contributed by atoms with E-state index in [0.29, 0.717) is 82.0 Å². The first-order chi connectivity index (χ1) is 62.6. The van der Waals surface area contributed by atoms with Gasteiger partial charge in [0.15, 0.2) is 11.7 Å². The van der Waals surface area contributed by atoms with Gasteiger partial charge in [-0.1, -0.05) is 74.7 Å². The summed E-state index contributed by atoms with van der Waals surface area (Å²) in [4.78, 5) is 256. The van der Waals surface area contributed by atoms with Crippen LogP contribution in [0.15, 0.2) is 97.7 Å². The molecule has 3 aromatic carbocycles. The maximum atomic E-state index is 15.3. The molecule has 15 amide bonds. The molecule has 42 nitrogen and oxygen atoms in total. The van der Waals surface area contributed by atoms with Crippen molar-refractivity contribution in [2.45, 2.75) is 196 Å². The Hall–Kier alpha value is -13.8. The van der Waals surface area contributed by atoms with Crippen LogP contribution in [0.2, 0.25) is 0 Å². The van der Waals surface area contributed by atoms with Crippen molar-refractivity contribution in [3.63, 3.8) is 0 Å². The minimum absolute atomic E-state index is 0.000560. The van der Waals surface area contributed by atoms with Crippen LogP contribution in [0, 0.1) is 28.6 Å². The second-order valence-corrected chi connectivity index (χ2v) is 33.8. The van der Waals surface area contributed by atoms with E-state index >= 15 is 14.4 Å². The number of guanidine groups is 1. The second-order valence-electron chi connectivity index (χ2n) is 32.8. The highest BCUT2D eigenvalue weighted by Gasteiger charge is 2.44. The number of hydrogen-bond acceptors (Lipinski definition) is 22. The smallest absolute Gasteiger partial charge is 0.303 e. The van der Waals surface area contributed by atoms with Gasteiger partial charge in [-0.3, -0.25) is 86.9 Å². The number of primary amides is 1. The Labute approximate surface area is 761 Å². The van der Waals surface area contributed by atoms with Gasteiger partial charge >= 0.3 is 5.97 Å². The summed E-state index contributed by atoms with van der Waals surface area (Å²) >= 11 is 0.820. The van der Waals surface area contributed by atoms with E-state index in [9.17, 15) is 77.5 Å². The summed E-state index contributed by atoms with van der Waals surface area (Å²) in [6.07, 6.45) is 7.63. The third-order valence-corrected chi connectivity index (χ3v) is 24.4. The summed E-state index contributed by atoms with van der Waals surface area (Å²) in [6.45, 7) is 3.83. The van der Waals surface area contributed by atoms with E-state index in [1.807, 2.05) is 19.9 Å². The number of carboxylic acids is 1. The number of likely N-dealkylation sites (N-methyl/N-ethyl adjacent to an activating group) is 3. The van der Waals surface area contributed by atoms with Crippen molar-refractivity contribution in [3.8, 4) is 6.07 Å². The number of aromatic nitrogens is 4. The van der Waals surface area contributed by atoms with Crippen molar-refractivity contribution >= 4 is 140 Å². The van der Waals surface area contributed by atoms with Crippen molar-refractivity contribution in [1.82, 2.24) is 98.0 Å². The number of Topliss-reactive ketones (excluding diaryl/α,β-unsaturated/α-hetero) is 1. The third-order valence-electron chi connectivity index (χ3n) is 23.3. The standard InChI is InChI=1S/C88H120N24O18S/c1-7-8-24-71(85(128)105-64(23-14-33-95-88(92)93)81(124)108-70(80(123)98-43-72(91)114)46-131-47-73(115)102-68(35-52-25-27-53(39-90)28-26-52)87(130)110(5)51(3)78(121)99-44-74(116)112-34-15-16-50(112)2)111(6)75(117)45-109(4)86(129)69(37-55-41-97-62-22-12-10-18-58(55)62)107-82(125)65(31-32-89)104-84(127)67(36-54-40-96-61-21-11-9-17-57(54)61)106-79(122)60-20-13-19-59(60)77(120)63(29-30-76(118)119)103-83(126)66(101-49-113)38-56-42-94-48-100-56/h9-12,17-18,21-22,25-28,40-42,48-51,59-60,63-71,96-97H,7-8,13-16,19-20,23-24,29-38,43-47,89H2,1-6H3,(H2,91,114)(H,94,100)(H,98,123)(H,99,121)(H,101,113)(H,102,115)(H,103,126)(H,104,127)(H,105,128)(H,106,122)(H,107,125)(H,108,124)(H,118,119)(H4,92,93,95)/t50?,51-,59?,60?,63-,64-,65-,66-,67-,68-,69-,70-,71-/m0/s1. The maximum Gasteiger partial charge on any atom is 0.303 e. The lowest BCUT2D eigenvalue weighted by molar-refractivity contribution is -0.145. The molecule has 0 bridgehead atoms. The molecule has 2 fully saturated rings. The van der Waals surface area contributed by atoms with Crippen LogP contribution in [0.1, 0.15) is 132 Å². The molecule has 1 saturated carbocycles. The molecule has 3 aromatic heterocycles. The van der Waals surface area contributed by atoms with Gasteiger partial charge in [0.05, 0.1) is 49.4 Å². The van der Waals surface area contributed by atoms with E-state index < -0.39 is 192 Å². The maximum absolute atomic E-state index is 15.3. The number of nitrogens with zero attached hydrogens (tertiary/aromatic N) is 6. The average Bonchev–Trinajstić information content (AvgIpc) is 1.66. The molecule has 13 atom stereocenters. The number of thioether (sulfide) groups is 1. The molecule has 43 heteroatoms. The quantitative estimate of drug-likeness (QED) is 0.00873. The number of aliphatic carboxylic acids is 1. The van der Waals surface area contributed by atoms with Crippen LogP contribution < -0.4 is 75.7 Å². The van der Waals surface area contributed by atoms with Crippen molar-refractivity contribution in [2.75, 3.05) is 71.9 Å². The van der Waals surface area contributed by atoms with Crippen LogP contribution in [-0.2, 0) is 107 Å². The van der Waals surface area contributed by atoms with Crippen molar-refractivity contribution in [1.29, 1.82) is 10.7 Å². The normalized spacial score (nSPS) is 16.3. The molecule has 1 saturated heterocycles. The minimum atomic E-state index is -1.56. The summed E-state index contributed by atoms with van der Waals surface area (Å²) in [7, 11) is 3.97. The molecule has 8 rings (SSSR count). The van der Waals surface area contributed by atoms with Crippen molar-refractivity contribution in [2.24, 2.45) is 29.0 Å². The number of ketones is 1. The lowest BCUT2D eigenvalue weighted by atomic mass is 9.85. The Morgan fingerprint density at radius 3 is 1.83 bits per heavy atom. The molecule has 4 heterocycles. The predicted molar refractivity (Wildman–Crippen MR) is 482 cm³/mol. The summed E-state index contributed by atoms with van der Waals surface area (Å²) < 4.78 is 0. The van der Waals surface area contributed by atoms with Crippen LogP contribution in [0.25, 0.3) is 21.8 Å². The van der Waals surface area contributed by atoms with Gasteiger partial charge in [0.2, 0.25) is 89.1 Å². The van der Waals surface area contributed by atoms with Crippen LogP contribution in [0.3, 0.4) is 0 Å². The number of H-pyrrole nitrogens is 3. The van der Waals surface area contributed by atoms with Crippen LogP contribution in [0.5, 0.6) is 0 Å². The van der Waals surface area contributed by atoms with Crippen LogP contribution in [0.4, 0.5) is 0 Å². The van der Waals surface area contributed by atoms with Gasteiger partial charge in [0, 0.05) is 136 Å². The number of unbranched alkanes of at least 4 members (excludes halogenated alkanes) is 1. The highest BCUT2D eigenvalue weighted by Crippen LogP contribution is 2.35. The molecule has 6 aromatic rings. The zero-order valence-electron chi connectivity index (χ0n) is 74.2. The number of carboxylic acid groups (broad SMARTS) is 1. The van der Waals surface area contributed by atoms with Crippen molar-refractivity contribution < 1.29 is 86.6 Å².